The number of hydrogen-bond donors (Lipinski definition) is 0. The first-order valence-corrected chi connectivity index (χ1v) is 6.30. The molecule has 1 heteroatoms. The molecule has 1 saturated carbocycles. The Hall–Kier alpha value is -0.0400. The van der Waals surface area contributed by atoms with Gasteiger partial charge in [0.05, 0.1) is 0 Å². The van der Waals surface area contributed by atoms with Gasteiger partial charge in [0, 0.05) is 6.54 Å². The zero-order valence-corrected chi connectivity index (χ0v) is 10.1. The summed E-state index contributed by atoms with van der Waals surface area (Å²) in [6.45, 7) is 7.50. The Morgan fingerprint density at radius 2 is 2.07 bits per heavy atom. The zero-order valence-electron chi connectivity index (χ0n) is 10.1. The van der Waals surface area contributed by atoms with Crippen LogP contribution in [0.15, 0.2) is 0 Å². The van der Waals surface area contributed by atoms with E-state index in [1.807, 2.05) is 0 Å². The molecule has 1 nitrogen and oxygen atoms in total. The maximum absolute atomic E-state index is 2.55. The van der Waals surface area contributed by atoms with Crippen molar-refractivity contribution in [2.75, 3.05) is 20.1 Å². The van der Waals surface area contributed by atoms with Crippen molar-refractivity contribution >= 4 is 0 Å². The summed E-state index contributed by atoms with van der Waals surface area (Å²) in [6.07, 6.45) is 7.43. The number of nitrogens with zero attached hydrogens (tertiary/aromatic N) is 1. The molecule has 2 unspecified atom stereocenters. The van der Waals surface area contributed by atoms with Crippen molar-refractivity contribution in [3.05, 3.63) is 0 Å². The zero-order chi connectivity index (χ0) is 10.2. The van der Waals surface area contributed by atoms with Gasteiger partial charge in [0.25, 0.3) is 0 Å². The Bertz CT molecular complexity index is 199. The quantitative estimate of drug-likeness (QED) is 0.621. The SMILES string of the molecule is CC(C)C1CCC2(CCCN(C)C2)C1. The normalized spacial score (nSPS) is 39.9. The van der Waals surface area contributed by atoms with Gasteiger partial charge in [0.2, 0.25) is 0 Å². The van der Waals surface area contributed by atoms with Crippen LogP contribution in [0.25, 0.3) is 0 Å². The van der Waals surface area contributed by atoms with E-state index in [0.29, 0.717) is 0 Å². The maximum Gasteiger partial charge on any atom is 0.00350 e. The molecule has 1 spiro atoms. The molecule has 0 aromatic rings. The second kappa shape index (κ2) is 3.84. The first kappa shape index (κ1) is 10.5. The summed E-state index contributed by atoms with van der Waals surface area (Å²) in [7, 11) is 2.30. The first-order chi connectivity index (χ1) is 6.61. The minimum Gasteiger partial charge on any atom is -0.306 e. The molecule has 1 aliphatic carbocycles. The van der Waals surface area contributed by atoms with Gasteiger partial charge in [-0.3, -0.25) is 0 Å². The van der Waals surface area contributed by atoms with Gasteiger partial charge < -0.3 is 4.90 Å². The molecular formula is C13H25N. The predicted octanol–water partition coefficient (Wildman–Crippen LogP) is 3.15. The second-order valence-electron chi connectivity index (χ2n) is 6.09. The lowest BCUT2D eigenvalue weighted by Crippen LogP contribution is -2.39. The van der Waals surface area contributed by atoms with E-state index < -0.39 is 0 Å². The molecule has 1 heterocycles. The first-order valence-electron chi connectivity index (χ1n) is 6.30. The van der Waals surface area contributed by atoms with Gasteiger partial charge in [-0.2, -0.15) is 0 Å². The largest absolute Gasteiger partial charge is 0.306 e. The van der Waals surface area contributed by atoms with Crippen LogP contribution in [0.4, 0.5) is 0 Å². The lowest BCUT2D eigenvalue weighted by atomic mass is 9.77. The third-order valence-corrected chi connectivity index (χ3v) is 4.54. The highest BCUT2D eigenvalue weighted by atomic mass is 15.1. The van der Waals surface area contributed by atoms with E-state index in [1.165, 1.54) is 45.2 Å². The fourth-order valence-corrected chi connectivity index (χ4v) is 3.65. The van der Waals surface area contributed by atoms with E-state index in [-0.39, 0.29) is 0 Å². The van der Waals surface area contributed by atoms with Crippen LogP contribution in [0.3, 0.4) is 0 Å². The van der Waals surface area contributed by atoms with Crippen molar-refractivity contribution in [3.8, 4) is 0 Å². The van der Waals surface area contributed by atoms with Crippen LogP contribution in [0, 0.1) is 17.3 Å². The van der Waals surface area contributed by atoms with Gasteiger partial charge in [-0.05, 0) is 62.9 Å². The number of hydrogen-bond acceptors (Lipinski definition) is 1. The summed E-state index contributed by atoms with van der Waals surface area (Å²) in [5.74, 6) is 1.92. The van der Waals surface area contributed by atoms with Gasteiger partial charge in [0.15, 0.2) is 0 Å². The highest BCUT2D eigenvalue weighted by Gasteiger charge is 2.41. The van der Waals surface area contributed by atoms with Crippen molar-refractivity contribution in [2.45, 2.75) is 46.0 Å². The van der Waals surface area contributed by atoms with Crippen molar-refractivity contribution in [1.82, 2.24) is 4.90 Å². The molecule has 2 atom stereocenters. The van der Waals surface area contributed by atoms with Gasteiger partial charge in [-0.15, -0.1) is 0 Å². The molecule has 14 heavy (non-hydrogen) atoms. The smallest absolute Gasteiger partial charge is 0.00350 e. The molecule has 82 valence electrons. The van der Waals surface area contributed by atoms with Crippen molar-refractivity contribution in [3.63, 3.8) is 0 Å². The third-order valence-electron chi connectivity index (χ3n) is 4.54. The standard InChI is InChI=1S/C13H25N/c1-11(2)12-5-7-13(9-12)6-4-8-14(3)10-13/h11-12H,4-10H2,1-3H3. The molecule has 0 radical (unpaired) electrons. The van der Waals surface area contributed by atoms with E-state index in [2.05, 4.69) is 25.8 Å². The monoisotopic (exact) mass is 195 g/mol. The minimum atomic E-state index is 0.724. The van der Waals surface area contributed by atoms with Crippen molar-refractivity contribution < 1.29 is 0 Å². The van der Waals surface area contributed by atoms with Gasteiger partial charge in [-0.1, -0.05) is 13.8 Å². The molecule has 0 amide bonds. The average Bonchev–Trinajstić information content (AvgIpc) is 2.49. The van der Waals surface area contributed by atoms with Crippen LogP contribution in [0.2, 0.25) is 0 Å². The maximum atomic E-state index is 2.55. The molecule has 0 N–H and O–H groups in total. The van der Waals surface area contributed by atoms with Gasteiger partial charge in [-0.25, -0.2) is 0 Å². The third kappa shape index (κ3) is 1.98. The number of rotatable bonds is 1. The lowest BCUT2D eigenvalue weighted by Gasteiger charge is -2.39. The Balaban J connectivity index is 1.97. The number of piperidine rings is 1. The van der Waals surface area contributed by atoms with Gasteiger partial charge >= 0.3 is 0 Å². The lowest BCUT2D eigenvalue weighted by molar-refractivity contribution is 0.107. The Labute approximate surface area is 88.9 Å². The fraction of sp³-hybridized carbons (Fsp3) is 1.00. The summed E-state index contributed by atoms with van der Waals surface area (Å²) in [6, 6.07) is 0. The molecule has 0 aromatic heterocycles. The van der Waals surface area contributed by atoms with E-state index in [1.54, 1.807) is 0 Å². The minimum absolute atomic E-state index is 0.724. The topological polar surface area (TPSA) is 3.24 Å². The summed E-state index contributed by atoms with van der Waals surface area (Å²) < 4.78 is 0. The van der Waals surface area contributed by atoms with Crippen LogP contribution >= 0.6 is 0 Å². The van der Waals surface area contributed by atoms with Crippen LogP contribution in [0.1, 0.15) is 46.0 Å². The van der Waals surface area contributed by atoms with Crippen molar-refractivity contribution in [2.24, 2.45) is 17.3 Å². The van der Waals surface area contributed by atoms with Crippen LogP contribution in [0.5, 0.6) is 0 Å². The molecule has 2 fully saturated rings. The van der Waals surface area contributed by atoms with Gasteiger partial charge in [0.1, 0.15) is 0 Å². The highest BCUT2D eigenvalue weighted by molar-refractivity contribution is 4.94. The average molecular weight is 195 g/mol. The predicted molar refractivity (Wildman–Crippen MR) is 61.3 cm³/mol. The Morgan fingerprint density at radius 1 is 1.29 bits per heavy atom. The van der Waals surface area contributed by atoms with E-state index in [4.69, 9.17) is 0 Å². The molecule has 0 bridgehead atoms. The number of likely N-dealkylation sites (tertiary alicyclic amines) is 1. The van der Waals surface area contributed by atoms with Crippen LogP contribution in [-0.2, 0) is 0 Å². The molecular weight excluding hydrogens is 170 g/mol. The molecule has 1 aliphatic heterocycles. The fourth-order valence-electron chi connectivity index (χ4n) is 3.65. The van der Waals surface area contributed by atoms with Crippen LogP contribution < -0.4 is 0 Å². The highest BCUT2D eigenvalue weighted by Crippen LogP contribution is 2.49. The van der Waals surface area contributed by atoms with E-state index >= 15 is 0 Å². The summed E-state index contributed by atoms with van der Waals surface area (Å²) in [5, 5.41) is 0. The summed E-state index contributed by atoms with van der Waals surface area (Å²) >= 11 is 0. The second-order valence-corrected chi connectivity index (χ2v) is 6.09. The molecule has 2 rings (SSSR count). The van der Waals surface area contributed by atoms with Crippen molar-refractivity contribution in [1.29, 1.82) is 0 Å². The van der Waals surface area contributed by atoms with Crippen LogP contribution in [-0.4, -0.2) is 25.0 Å². The summed E-state index contributed by atoms with van der Waals surface area (Å²) in [5.41, 5.74) is 0.724. The van der Waals surface area contributed by atoms with E-state index in [9.17, 15) is 0 Å². The Morgan fingerprint density at radius 3 is 2.64 bits per heavy atom. The Kier molecular flexibility index (Phi) is 2.88. The van der Waals surface area contributed by atoms with E-state index in [0.717, 1.165) is 17.3 Å². The molecule has 0 aromatic carbocycles. The molecule has 2 aliphatic rings. The molecule has 1 saturated heterocycles. The summed E-state index contributed by atoms with van der Waals surface area (Å²) in [4.78, 5) is 2.55.